The first-order valence-corrected chi connectivity index (χ1v) is 13.4. The summed E-state index contributed by atoms with van der Waals surface area (Å²) in [4.78, 5) is 32.6. The largest absolute Gasteiger partial charge is 0.423 e. The molecule has 3 aliphatic rings. The third-order valence-corrected chi connectivity index (χ3v) is 8.22. The Morgan fingerprint density at radius 2 is 1.81 bits per heavy atom. The first-order valence-electron chi connectivity index (χ1n) is 13.4. The Labute approximate surface area is 213 Å². The van der Waals surface area contributed by atoms with Crippen molar-refractivity contribution in [3.63, 3.8) is 0 Å². The van der Waals surface area contributed by atoms with E-state index in [-0.39, 0.29) is 29.2 Å². The van der Waals surface area contributed by atoms with Crippen molar-refractivity contribution in [1.29, 1.82) is 0 Å². The Bertz CT molecular complexity index is 1090. The van der Waals surface area contributed by atoms with Gasteiger partial charge in [-0.25, -0.2) is 0 Å². The summed E-state index contributed by atoms with van der Waals surface area (Å²) in [6.07, 6.45) is 6.03. The zero-order valence-corrected chi connectivity index (χ0v) is 22.1. The molecule has 1 spiro atoms. The topological polar surface area (TPSA) is 101 Å². The highest BCUT2D eigenvalue weighted by atomic mass is 16.4. The van der Waals surface area contributed by atoms with Gasteiger partial charge in [0.15, 0.2) is 0 Å². The first kappa shape index (κ1) is 24.9. The molecule has 0 aromatic carbocycles. The molecule has 1 atom stereocenters. The third kappa shape index (κ3) is 4.92. The Kier molecular flexibility index (Phi) is 6.89. The van der Waals surface area contributed by atoms with Crippen LogP contribution >= 0.6 is 0 Å². The number of aryl methyl sites for hydroxylation is 2. The number of aromatic nitrogens is 4. The zero-order chi connectivity index (χ0) is 25.4. The fourth-order valence-corrected chi connectivity index (χ4v) is 6.11. The second-order valence-corrected chi connectivity index (χ2v) is 11.3. The van der Waals surface area contributed by atoms with Gasteiger partial charge in [-0.05, 0) is 56.9 Å². The number of likely N-dealkylation sites (tertiary alicyclic amines) is 3. The van der Waals surface area contributed by atoms with Crippen molar-refractivity contribution < 1.29 is 14.0 Å². The monoisotopic (exact) mass is 497 g/mol. The van der Waals surface area contributed by atoms with Crippen molar-refractivity contribution in [2.75, 3.05) is 39.3 Å². The number of hydrogen-bond donors (Lipinski definition) is 0. The highest BCUT2D eigenvalue weighted by Gasteiger charge is 2.49. The molecule has 2 amide bonds. The van der Waals surface area contributed by atoms with E-state index < -0.39 is 0 Å². The SMILES string of the molecule is Cc1cc(C(=O)N2CCC3(CC2)CC(c2nnc(C(C)C)o2)N(CC(=O)N2CCCCC2)C3)n(C)n1. The van der Waals surface area contributed by atoms with Crippen LogP contribution in [0.1, 0.15) is 92.3 Å². The lowest BCUT2D eigenvalue weighted by atomic mass is 9.76. The second-order valence-electron chi connectivity index (χ2n) is 11.3. The Hall–Kier alpha value is -2.75. The molecule has 0 saturated carbocycles. The van der Waals surface area contributed by atoms with Gasteiger partial charge >= 0.3 is 0 Å². The molecule has 1 unspecified atom stereocenters. The van der Waals surface area contributed by atoms with Crippen LogP contribution in [0.3, 0.4) is 0 Å². The average Bonchev–Trinajstić information content (AvgIpc) is 3.57. The first-order chi connectivity index (χ1) is 17.2. The van der Waals surface area contributed by atoms with E-state index in [1.807, 2.05) is 43.7 Å². The van der Waals surface area contributed by atoms with Gasteiger partial charge in [-0.2, -0.15) is 5.10 Å². The minimum absolute atomic E-state index is 0.0263. The van der Waals surface area contributed by atoms with Crippen molar-refractivity contribution in [2.24, 2.45) is 12.5 Å². The van der Waals surface area contributed by atoms with E-state index in [9.17, 15) is 9.59 Å². The van der Waals surface area contributed by atoms with E-state index in [2.05, 4.69) is 20.2 Å². The van der Waals surface area contributed by atoms with Crippen LogP contribution in [0.15, 0.2) is 10.5 Å². The van der Waals surface area contributed by atoms with Crippen LogP contribution in [0.2, 0.25) is 0 Å². The smallest absolute Gasteiger partial charge is 0.272 e. The lowest BCUT2D eigenvalue weighted by Gasteiger charge is -2.39. The normalized spacial score (nSPS) is 22.6. The molecule has 3 aliphatic heterocycles. The van der Waals surface area contributed by atoms with Gasteiger partial charge in [0.1, 0.15) is 5.69 Å². The van der Waals surface area contributed by atoms with Gasteiger partial charge in [-0.15, -0.1) is 10.2 Å². The van der Waals surface area contributed by atoms with Crippen molar-refractivity contribution in [3.05, 3.63) is 29.2 Å². The molecule has 0 bridgehead atoms. The maximum absolute atomic E-state index is 13.2. The summed E-state index contributed by atoms with van der Waals surface area (Å²) in [5, 5.41) is 13.0. The number of piperidine rings is 2. The Balaban J connectivity index is 1.31. The fourth-order valence-electron chi connectivity index (χ4n) is 6.11. The second kappa shape index (κ2) is 9.95. The quantitative estimate of drug-likeness (QED) is 0.626. The molecular weight excluding hydrogens is 458 g/mol. The van der Waals surface area contributed by atoms with Crippen LogP contribution in [-0.2, 0) is 11.8 Å². The van der Waals surface area contributed by atoms with Gasteiger partial charge in [0.2, 0.25) is 17.7 Å². The van der Waals surface area contributed by atoms with Gasteiger partial charge < -0.3 is 14.2 Å². The number of nitrogens with zero attached hydrogens (tertiary/aromatic N) is 7. The minimum atomic E-state index is -0.0688. The van der Waals surface area contributed by atoms with Crippen LogP contribution in [0.4, 0.5) is 0 Å². The molecule has 10 nitrogen and oxygen atoms in total. The summed E-state index contributed by atoms with van der Waals surface area (Å²) >= 11 is 0. The van der Waals surface area contributed by atoms with Crippen LogP contribution in [0.25, 0.3) is 0 Å². The maximum Gasteiger partial charge on any atom is 0.272 e. The van der Waals surface area contributed by atoms with Crippen LogP contribution < -0.4 is 0 Å². The van der Waals surface area contributed by atoms with Crippen LogP contribution in [0.5, 0.6) is 0 Å². The van der Waals surface area contributed by atoms with Crippen molar-refractivity contribution in [1.82, 2.24) is 34.7 Å². The van der Waals surface area contributed by atoms with Gasteiger partial charge in [0, 0.05) is 45.7 Å². The fraction of sp³-hybridized carbons (Fsp3) is 0.731. The Morgan fingerprint density at radius 1 is 1.08 bits per heavy atom. The Morgan fingerprint density at radius 3 is 2.42 bits per heavy atom. The lowest BCUT2D eigenvalue weighted by molar-refractivity contribution is -0.133. The molecular formula is C26H39N7O3. The average molecular weight is 498 g/mol. The molecule has 5 rings (SSSR count). The van der Waals surface area contributed by atoms with Gasteiger partial charge in [-0.3, -0.25) is 19.2 Å². The number of carbonyl (C=O) groups is 2. The van der Waals surface area contributed by atoms with Crippen molar-refractivity contribution >= 4 is 11.8 Å². The van der Waals surface area contributed by atoms with E-state index in [0.29, 0.717) is 37.1 Å². The summed E-state index contributed by atoms with van der Waals surface area (Å²) in [6.45, 7) is 10.3. The van der Waals surface area contributed by atoms with E-state index in [1.165, 1.54) is 6.42 Å². The number of rotatable bonds is 5. The summed E-state index contributed by atoms with van der Waals surface area (Å²) in [6, 6.07) is 1.79. The highest BCUT2D eigenvalue weighted by molar-refractivity contribution is 5.92. The highest BCUT2D eigenvalue weighted by Crippen LogP contribution is 2.49. The van der Waals surface area contributed by atoms with Crippen molar-refractivity contribution in [2.45, 2.75) is 71.3 Å². The maximum atomic E-state index is 13.2. The van der Waals surface area contributed by atoms with Crippen LogP contribution in [0, 0.1) is 12.3 Å². The van der Waals surface area contributed by atoms with Gasteiger partial charge in [0.25, 0.3) is 5.91 Å². The number of hydrogen-bond acceptors (Lipinski definition) is 7. The predicted octanol–water partition coefficient (Wildman–Crippen LogP) is 2.92. The third-order valence-electron chi connectivity index (χ3n) is 8.22. The summed E-state index contributed by atoms with van der Waals surface area (Å²) in [5.41, 5.74) is 1.51. The standard InChI is InChI=1S/C26H39N7O3/c1-18(2)23-27-28-24(36-23)21-15-26(17-33(21)16-22(34)31-10-6-5-7-11-31)8-12-32(13-9-26)25(35)20-14-19(3)29-30(20)4/h14,18,21H,5-13,15-17H2,1-4H3. The van der Waals surface area contributed by atoms with E-state index >= 15 is 0 Å². The molecule has 2 aromatic rings. The molecule has 196 valence electrons. The molecule has 0 N–H and O–H groups in total. The van der Waals surface area contributed by atoms with Gasteiger partial charge in [0.05, 0.1) is 18.3 Å². The van der Waals surface area contributed by atoms with E-state index in [1.54, 1.807) is 4.68 Å². The number of carbonyl (C=O) groups excluding carboxylic acids is 2. The molecule has 0 aliphatic carbocycles. The summed E-state index contributed by atoms with van der Waals surface area (Å²) in [7, 11) is 1.82. The molecule has 0 radical (unpaired) electrons. The van der Waals surface area contributed by atoms with Gasteiger partial charge in [-0.1, -0.05) is 13.8 Å². The van der Waals surface area contributed by atoms with Crippen LogP contribution in [-0.4, -0.2) is 85.8 Å². The molecule has 5 heterocycles. The number of amides is 2. The minimum Gasteiger partial charge on any atom is -0.423 e. The lowest BCUT2D eigenvalue weighted by Crippen LogP contribution is -2.46. The molecule has 3 fully saturated rings. The predicted molar refractivity (Wildman–Crippen MR) is 133 cm³/mol. The molecule has 2 aromatic heterocycles. The zero-order valence-electron chi connectivity index (χ0n) is 22.1. The summed E-state index contributed by atoms with van der Waals surface area (Å²) in [5.74, 6) is 1.65. The van der Waals surface area contributed by atoms with E-state index in [0.717, 1.165) is 57.4 Å². The molecule has 3 saturated heterocycles. The van der Waals surface area contributed by atoms with E-state index in [4.69, 9.17) is 4.42 Å². The molecule has 10 heteroatoms. The van der Waals surface area contributed by atoms with Crippen molar-refractivity contribution in [3.8, 4) is 0 Å². The molecule has 36 heavy (non-hydrogen) atoms. The summed E-state index contributed by atoms with van der Waals surface area (Å²) < 4.78 is 7.76.